The standard InChI is InChI=1S/C31H29ClF2O7/c1-18-25-23(41-31(18,17-35)19-8-4-3-5-9-19)16-21(33)28(32)27(25)26-20(30(36)37-2)11-12-22(29(26)34)38-14-15-40-24-10-6-7-13-39-24/h3-5,8-9,11-12,16-18,24H,6-7,10,13-15H2,1-2H3/t18-,24?,31-/m0/s1. The maximum atomic E-state index is 16.3. The van der Waals surface area contributed by atoms with Gasteiger partial charge in [0.1, 0.15) is 18.2 Å². The molecule has 1 fully saturated rings. The second-order valence-electron chi connectivity index (χ2n) is 9.87. The van der Waals surface area contributed by atoms with Crippen molar-refractivity contribution < 1.29 is 42.1 Å². The van der Waals surface area contributed by atoms with Gasteiger partial charge in [-0.1, -0.05) is 48.9 Å². The molecule has 7 nitrogen and oxygen atoms in total. The lowest BCUT2D eigenvalue weighted by Crippen LogP contribution is -2.35. The van der Waals surface area contributed by atoms with Crippen molar-refractivity contribution in [1.29, 1.82) is 0 Å². The predicted octanol–water partition coefficient (Wildman–Crippen LogP) is 6.58. The summed E-state index contributed by atoms with van der Waals surface area (Å²) in [5, 5.41) is -0.437. The highest BCUT2D eigenvalue weighted by atomic mass is 35.5. The van der Waals surface area contributed by atoms with Gasteiger partial charge < -0.3 is 23.7 Å². The third kappa shape index (κ3) is 5.29. The predicted molar refractivity (Wildman–Crippen MR) is 146 cm³/mol. The first-order chi connectivity index (χ1) is 19.8. The molecule has 0 aromatic heterocycles. The first kappa shape index (κ1) is 29.0. The van der Waals surface area contributed by atoms with Gasteiger partial charge in [0.15, 0.2) is 29.7 Å². The first-order valence-corrected chi connectivity index (χ1v) is 13.7. The van der Waals surface area contributed by atoms with E-state index in [4.69, 9.17) is 35.3 Å². The van der Waals surface area contributed by atoms with Crippen LogP contribution in [0.2, 0.25) is 5.02 Å². The van der Waals surface area contributed by atoms with Crippen molar-refractivity contribution in [3.8, 4) is 22.6 Å². The molecule has 10 heteroatoms. The van der Waals surface area contributed by atoms with Crippen LogP contribution in [0, 0.1) is 11.6 Å². The summed E-state index contributed by atoms with van der Waals surface area (Å²) >= 11 is 6.50. The Kier molecular flexibility index (Phi) is 8.58. The van der Waals surface area contributed by atoms with Crippen LogP contribution < -0.4 is 9.47 Å². The smallest absolute Gasteiger partial charge is 0.338 e. The molecule has 1 saturated heterocycles. The normalized spacial score (nSPS) is 21.6. The average molecular weight is 587 g/mol. The monoisotopic (exact) mass is 586 g/mol. The molecule has 0 spiro atoms. The molecule has 0 N–H and O–H groups in total. The zero-order chi connectivity index (χ0) is 29.1. The molecule has 3 atom stereocenters. The lowest BCUT2D eigenvalue weighted by atomic mass is 9.78. The van der Waals surface area contributed by atoms with Gasteiger partial charge in [-0.3, -0.25) is 4.79 Å². The number of carbonyl (C=O) groups is 2. The minimum Gasteiger partial charge on any atom is -0.488 e. The number of carbonyl (C=O) groups excluding carboxylic acids is 2. The molecule has 0 radical (unpaired) electrons. The Hall–Kier alpha value is -3.53. The number of rotatable bonds is 9. The molecule has 0 bridgehead atoms. The number of benzene rings is 3. The van der Waals surface area contributed by atoms with E-state index in [0.29, 0.717) is 18.5 Å². The van der Waals surface area contributed by atoms with Crippen molar-refractivity contribution in [2.45, 2.75) is 44.0 Å². The van der Waals surface area contributed by atoms with Crippen LogP contribution in [0.25, 0.3) is 11.1 Å². The van der Waals surface area contributed by atoms with Crippen molar-refractivity contribution in [1.82, 2.24) is 0 Å². The summed E-state index contributed by atoms with van der Waals surface area (Å²) in [6, 6.07) is 12.4. The van der Waals surface area contributed by atoms with E-state index in [0.717, 1.165) is 32.4 Å². The topological polar surface area (TPSA) is 80.3 Å². The van der Waals surface area contributed by atoms with Crippen molar-refractivity contribution in [2.75, 3.05) is 26.9 Å². The number of halogens is 3. The molecule has 0 aliphatic carbocycles. The van der Waals surface area contributed by atoms with E-state index in [1.807, 2.05) is 0 Å². The second-order valence-corrected chi connectivity index (χ2v) is 10.2. The van der Waals surface area contributed by atoms with Crippen LogP contribution in [0.3, 0.4) is 0 Å². The van der Waals surface area contributed by atoms with Gasteiger partial charge in [-0.25, -0.2) is 13.6 Å². The summed E-state index contributed by atoms with van der Waals surface area (Å²) in [5.74, 6) is -3.67. The molecular formula is C31H29ClF2O7. The number of esters is 1. The summed E-state index contributed by atoms with van der Waals surface area (Å²) in [5.41, 5.74) is -1.39. The van der Waals surface area contributed by atoms with Crippen LogP contribution >= 0.6 is 11.6 Å². The Morgan fingerprint density at radius 1 is 1.12 bits per heavy atom. The molecule has 0 saturated carbocycles. The van der Waals surface area contributed by atoms with E-state index in [1.165, 1.54) is 12.1 Å². The highest BCUT2D eigenvalue weighted by Gasteiger charge is 2.50. The molecule has 3 aromatic rings. The molecular weight excluding hydrogens is 558 g/mol. The Morgan fingerprint density at radius 3 is 2.59 bits per heavy atom. The van der Waals surface area contributed by atoms with Crippen LogP contribution in [0.5, 0.6) is 11.5 Å². The van der Waals surface area contributed by atoms with E-state index in [9.17, 15) is 9.59 Å². The Balaban J connectivity index is 1.58. The number of hydrogen-bond acceptors (Lipinski definition) is 7. The summed E-state index contributed by atoms with van der Waals surface area (Å²) in [6.07, 6.45) is 3.03. The van der Waals surface area contributed by atoms with E-state index in [-0.39, 0.29) is 53.3 Å². The fourth-order valence-electron chi connectivity index (χ4n) is 5.43. The Bertz CT molecular complexity index is 1440. The number of hydrogen-bond donors (Lipinski definition) is 0. The van der Waals surface area contributed by atoms with Gasteiger partial charge in [0.05, 0.1) is 24.3 Å². The van der Waals surface area contributed by atoms with Gasteiger partial charge in [-0.05, 0) is 31.4 Å². The van der Waals surface area contributed by atoms with Crippen LogP contribution in [0.4, 0.5) is 8.78 Å². The quantitative estimate of drug-likeness (QED) is 0.159. The van der Waals surface area contributed by atoms with Gasteiger partial charge in [-0.15, -0.1) is 0 Å². The van der Waals surface area contributed by atoms with Crippen molar-refractivity contribution in [3.63, 3.8) is 0 Å². The highest BCUT2D eigenvalue weighted by molar-refractivity contribution is 6.34. The molecule has 0 amide bonds. The van der Waals surface area contributed by atoms with Gasteiger partial charge in [0, 0.05) is 40.8 Å². The molecule has 2 heterocycles. The fraction of sp³-hybridized carbons (Fsp3) is 0.355. The largest absolute Gasteiger partial charge is 0.488 e. The van der Waals surface area contributed by atoms with Gasteiger partial charge in [0.25, 0.3) is 0 Å². The molecule has 3 aromatic carbocycles. The van der Waals surface area contributed by atoms with E-state index in [2.05, 4.69) is 0 Å². The van der Waals surface area contributed by atoms with Gasteiger partial charge in [-0.2, -0.15) is 0 Å². The zero-order valence-electron chi connectivity index (χ0n) is 22.6. The molecule has 41 heavy (non-hydrogen) atoms. The van der Waals surface area contributed by atoms with Crippen molar-refractivity contribution in [3.05, 3.63) is 81.9 Å². The number of fused-ring (bicyclic) bond motifs is 1. The van der Waals surface area contributed by atoms with Crippen LogP contribution in [0.15, 0.2) is 48.5 Å². The minimum absolute atomic E-state index is 0.00720. The van der Waals surface area contributed by atoms with Crippen LogP contribution in [-0.4, -0.2) is 45.5 Å². The summed E-state index contributed by atoms with van der Waals surface area (Å²) in [4.78, 5) is 25.4. The molecule has 1 unspecified atom stereocenters. The summed E-state index contributed by atoms with van der Waals surface area (Å²) in [7, 11) is 1.15. The Morgan fingerprint density at radius 2 is 1.90 bits per heavy atom. The maximum Gasteiger partial charge on any atom is 0.338 e. The minimum atomic E-state index is -1.54. The third-order valence-corrected chi connectivity index (χ3v) is 7.89. The first-order valence-electron chi connectivity index (χ1n) is 13.3. The molecule has 5 rings (SSSR count). The average Bonchev–Trinajstić information content (AvgIpc) is 3.29. The van der Waals surface area contributed by atoms with Crippen molar-refractivity contribution in [2.24, 2.45) is 0 Å². The summed E-state index contributed by atoms with van der Waals surface area (Å²) < 4.78 is 59.5. The number of ether oxygens (including phenoxy) is 5. The lowest BCUT2D eigenvalue weighted by molar-refractivity contribution is -0.165. The third-order valence-electron chi connectivity index (χ3n) is 7.52. The van der Waals surface area contributed by atoms with Gasteiger partial charge in [0.2, 0.25) is 0 Å². The summed E-state index contributed by atoms with van der Waals surface area (Å²) in [6.45, 7) is 2.45. The highest BCUT2D eigenvalue weighted by Crippen LogP contribution is 2.56. The second kappa shape index (κ2) is 12.1. The number of aldehydes is 1. The SMILES string of the molecule is COC(=O)c1ccc(OCCOC2CCCCO2)c(F)c1-c1c(Cl)c(F)cc2c1[C@H](C)[C@@](C=O)(c1ccccc1)O2. The zero-order valence-corrected chi connectivity index (χ0v) is 23.3. The molecule has 216 valence electrons. The van der Waals surface area contributed by atoms with Crippen LogP contribution in [-0.2, 0) is 24.6 Å². The molecule has 2 aliphatic rings. The van der Waals surface area contributed by atoms with Gasteiger partial charge >= 0.3 is 5.97 Å². The van der Waals surface area contributed by atoms with Crippen LogP contribution in [0.1, 0.15) is 53.6 Å². The fourth-order valence-corrected chi connectivity index (χ4v) is 5.68. The van der Waals surface area contributed by atoms with E-state index in [1.54, 1.807) is 37.3 Å². The maximum absolute atomic E-state index is 16.3. The Labute approximate surface area is 241 Å². The number of methoxy groups -OCH3 is 1. The lowest BCUT2D eigenvalue weighted by Gasteiger charge is -2.28. The molecule has 2 aliphatic heterocycles. The van der Waals surface area contributed by atoms with Crippen molar-refractivity contribution >= 4 is 23.9 Å². The van der Waals surface area contributed by atoms with E-state index >= 15 is 8.78 Å². The van der Waals surface area contributed by atoms with E-state index < -0.39 is 34.1 Å².